The number of rotatable bonds is 6. The number of nitro groups is 1. The van der Waals surface area contributed by atoms with E-state index >= 15 is 0 Å². The van der Waals surface area contributed by atoms with Crippen LogP contribution >= 0.6 is 0 Å². The van der Waals surface area contributed by atoms with Crippen molar-refractivity contribution in [2.24, 2.45) is 0 Å². The highest BCUT2D eigenvalue weighted by Gasteiger charge is 2.29. The number of non-ortho nitro benzene ring substituents is 1. The van der Waals surface area contributed by atoms with Gasteiger partial charge in [-0.2, -0.15) is 0 Å². The molecule has 1 aliphatic rings. The summed E-state index contributed by atoms with van der Waals surface area (Å²) in [4.78, 5) is 16.7. The molecule has 4 rings (SSSR count). The summed E-state index contributed by atoms with van der Waals surface area (Å²) in [5.41, 5.74) is 2.34. The van der Waals surface area contributed by atoms with Crippen LogP contribution < -0.4 is 9.47 Å². The van der Waals surface area contributed by atoms with Crippen molar-refractivity contribution in [3.8, 4) is 22.9 Å². The number of β-amino-alcohol motifs (C(OH)–C–C–N with tert-alkyl or cyclic N) is 1. The van der Waals surface area contributed by atoms with Crippen LogP contribution in [0.4, 0.5) is 5.69 Å². The number of benzene rings is 2. The van der Waals surface area contributed by atoms with Crippen molar-refractivity contribution in [2.75, 3.05) is 20.8 Å². The molecule has 1 N–H and O–H groups in total. The molecule has 10 heteroatoms. The lowest BCUT2D eigenvalue weighted by Gasteiger charge is -2.33. The summed E-state index contributed by atoms with van der Waals surface area (Å²) in [5.74, 6) is 1.81. The van der Waals surface area contributed by atoms with Gasteiger partial charge in [0.25, 0.3) is 5.69 Å². The highest BCUT2D eigenvalue weighted by molar-refractivity contribution is 5.56. The van der Waals surface area contributed by atoms with Gasteiger partial charge in [-0.3, -0.25) is 15.0 Å². The van der Waals surface area contributed by atoms with Gasteiger partial charge in [0.05, 0.1) is 31.9 Å². The van der Waals surface area contributed by atoms with Crippen molar-refractivity contribution < 1.29 is 19.5 Å². The Morgan fingerprint density at radius 2 is 1.87 bits per heavy atom. The summed E-state index contributed by atoms with van der Waals surface area (Å²) < 4.78 is 12.5. The quantitative estimate of drug-likeness (QED) is 0.485. The van der Waals surface area contributed by atoms with E-state index in [2.05, 4.69) is 10.1 Å². The van der Waals surface area contributed by atoms with Gasteiger partial charge in [0.1, 0.15) is 17.8 Å². The fourth-order valence-corrected chi connectivity index (χ4v) is 3.68. The van der Waals surface area contributed by atoms with Crippen LogP contribution in [-0.2, 0) is 13.2 Å². The van der Waals surface area contributed by atoms with E-state index in [0.29, 0.717) is 42.6 Å². The fraction of sp³-hybridized carbons (Fsp3) is 0.300. The van der Waals surface area contributed by atoms with Crippen molar-refractivity contribution in [3.05, 3.63) is 64.0 Å². The first-order chi connectivity index (χ1) is 14.5. The van der Waals surface area contributed by atoms with Gasteiger partial charge in [-0.15, -0.1) is 5.10 Å². The number of fused-ring (bicyclic) bond motifs is 1. The molecule has 2 aromatic carbocycles. The van der Waals surface area contributed by atoms with Crippen LogP contribution in [0.2, 0.25) is 0 Å². The third-order valence-corrected chi connectivity index (χ3v) is 5.08. The predicted molar refractivity (Wildman–Crippen MR) is 107 cm³/mol. The Balaban J connectivity index is 1.53. The number of ether oxygens (including phenoxy) is 2. The number of hydrogen-bond donors (Lipinski definition) is 1. The van der Waals surface area contributed by atoms with Crippen LogP contribution in [0.5, 0.6) is 11.5 Å². The number of nitrogens with zero attached hydrogens (tertiary/aromatic N) is 5. The smallest absolute Gasteiger partial charge is 0.269 e. The van der Waals surface area contributed by atoms with Gasteiger partial charge in [0.15, 0.2) is 5.82 Å². The second kappa shape index (κ2) is 8.09. The molecule has 0 fully saturated rings. The average Bonchev–Trinajstić information content (AvgIpc) is 3.21. The largest absolute Gasteiger partial charge is 0.496 e. The van der Waals surface area contributed by atoms with Gasteiger partial charge in [-0.1, -0.05) is 0 Å². The molecule has 3 aromatic rings. The second-order valence-corrected chi connectivity index (χ2v) is 6.94. The van der Waals surface area contributed by atoms with E-state index in [9.17, 15) is 15.2 Å². The standard InChI is InChI=1S/C20H21N5O5/c1-29-17-7-8-18(30-2)19-15(17)9-23(10-16(19)26)12-24-11-21-20(22-24)13-3-5-14(6-4-13)25(27)28/h3-8,11,16,26H,9-10,12H2,1-2H3. The molecule has 0 amide bonds. The Kier molecular flexibility index (Phi) is 5.34. The number of nitro benzene ring substituents is 1. The van der Waals surface area contributed by atoms with Crippen molar-refractivity contribution in [3.63, 3.8) is 0 Å². The van der Waals surface area contributed by atoms with Crippen LogP contribution in [0, 0.1) is 10.1 Å². The van der Waals surface area contributed by atoms with Gasteiger partial charge in [-0.25, -0.2) is 9.67 Å². The second-order valence-electron chi connectivity index (χ2n) is 6.94. The minimum absolute atomic E-state index is 0.0172. The molecule has 1 unspecified atom stereocenters. The zero-order chi connectivity index (χ0) is 21.3. The molecule has 0 aliphatic carbocycles. The van der Waals surface area contributed by atoms with Gasteiger partial charge in [0, 0.05) is 41.9 Å². The fourth-order valence-electron chi connectivity index (χ4n) is 3.68. The molecule has 0 saturated carbocycles. The minimum Gasteiger partial charge on any atom is -0.496 e. The summed E-state index contributed by atoms with van der Waals surface area (Å²) in [6.07, 6.45) is 0.873. The molecule has 30 heavy (non-hydrogen) atoms. The van der Waals surface area contributed by atoms with Crippen LogP contribution in [-0.4, -0.2) is 50.5 Å². The summed E-state index contributed by atoms with van der Waals surface area (Å²) in [6, 6.07) is 9.72. The zero-order valence-electron chi connectivity index (χ0n) is 16.6. The monoisotopic (exact) mass is 411 g/mol. The van der Waals surface area contributed by atoms with Crippen molar-refractivity contribution in [1.29, 1.82) is 0 Å². The van der Waals surface area contributed by atoms with E-state index in [4.69, 9.17) is 9.47 Å². The van der Waals surface area contributed by atoms with Crippen molar-refractivity contribution in [2.45, 2.75) is 19.3 Å². The normalized spacial score (nSPS) is 16.2. The maximum absolute atomic E-state index is 10.8. The first-order valence-electron chi connectivity index (χ1n) is 9.28. The van der Waals surface area contributed by atoms with E-state index in [1.165, 1.54) is 12.1 Å². The SMILES string of the molecule is COc1ccc(OC)c2c1CN(Cn1cnc(-c3ccc([N+](=O)[O-])cc3)n1)CC2O. The number of aliphatic hydroxyl groups is 1. The molecule has 1 aromatic heterocycles. The summed E-state index contributed by atoms with van der Waals surface area (Å²) >= 11 is 0. The summed E-state index contributed by atoms with van der Waals surface area (Å²) in [5, 5.41) is 26.0. The van der Waals surface area contributed by atoms with Crippen LogP contribution in [0.25, 0.3) is 11.4 Å². The van der Waals surface area contributed by atoms with Crippen LogP contribution in [0.15, 0.2) is 42.7 Å². The third kappa shape index (κ3) is 3.70. The zero-order valence-corrected chi connectivity index (χ0v) is 16.6. The first-order valence-corrected chi connectivity index (χ1v) is 9.28. The summed E-state index contributed by atoms with van der Waals surface area (Å²) in [7, 11) is 3.18. The molecular formula is C20H21N5O5. The Bertz CT molecular complexity index is 1070. The molecule has 1 aliphatic heterocycles. The molecule has 0 radical (unpaired) electrons. The molecule has 2 heterocycles. The van der Waals surface area contributed by atoms with Gasteiger partial charge in [-0.05, 0) is 24.3 Å². The maximum Gasteiger partial charge on any atom is 0.269 e. The van der Waals surface area contributed by atoms with E-state index in [1.54, 1.807) is 43.4 Å². The molecule has 0 spiro atoms. The average molecular weight is 411 g/mol. The van der Waals surface area contributed by atoms with Crippen LogP contribution in [0.3, 0.4) is 0 Å². The lowest BCUT2D eigenvalue weighted by molar-refractivity contribution is -0.384. The molecule has 10 nitrogen and oxygen atoms in total. The molecule has 1 atom stereocenters. The van der Waals surface area contributed by atoms with Gasteiger partial charge < -0.3 is 14.6 Å². The maximum atomic E-state index is 10.8. The predicted octanol–water partition coefficient (Wildman–Crippen LogP) is 2.38. The summed E-state index contributed by atoms with van der Waals surface area (Å²) in [6.45, 7) is 1.37. The van der Waals surface area contributed by atoms with E-state index in [-0.39, 0.29) is 5.69 Å². The highest BCUT2D eigenvalue weighted by atomic mass is 16.6. The van der Waals surface area contributed by atoms with E-state index in [1.807, 2.05) is 11.0 Å². The number of aromatic nitrogens is 3. The molecule has 0 bridgehead atoms. The van der Waals surface area contributed by atoms with Crippen molar-refractivity contribution in [1.82, 2.24) is 19.7 Å². The number of hydrogen-bond acceptors (Lipinski definition) is 8. The Morgan fingerprint density at radius 1 is 1.17 bits per heavy atom. The lowest BCUT2D eigenvalue weighted by atomic mass is 9.95. The molecule has 0 saturated heterocycles. The lowest BCUT2D eigenvalue weighted by Crippen LogP contribution is -2.35. The van der Waals surface area contributed by atoms with E-state index < -0.39 is 11.0 Å². The molecular weight excluding hydrogens is 390 g/mol. The Labute approximate surface area is 172 Å². The van der Waals surface area contributed by atoms with Gasteiger partial charge in [0.2, 0.25) is 0 Å². The third-order valence-electron chi connectivity index (χ3n) is 5.08. The first kappa shape index (κ1) is 19.8. The molecule has 156 valence electrons. The Hall–Kier alpha value is -3.50. The minimum atomic E-state index is -0.725. The highest BCUT2D eigenvalue weighted by Crippen LogP contribution is 2.39. The topological polar surface area (TPSA) is 116 Å². The van der Waals surface area contributed by atoms with Gasteiger partial charge >= 0.3 is 0 Å². The number of methoxy groups -OCH3 is 2. The van der Waals surface area contributed by atoms with Crippen LogP contribution in [0.1, 0.15) is 17.2 Å². The van der Waals surface area contributed by atoms with E-state index in [0.717, 1.165) is 11.1 Å². The van der Waals surface area contributed by atoms with Crippen molar-refractivity contribution >= 4 is 5.69 Å². The Morgan fingerprint density at radius 3 is 2.53 bits per heavy atom. The number of aliphatic hydroxyl groups excluding tert-OH is 1.